The molecule has 8 aliphatic rings. The number of aromatic nitrogens is 2. The van der Waals surface area contributed by atoms with Gasteiger partial charge in [0.15, 0.2) is 0 Å². The summed E-state index contributed by atoms with van der Waals surface area (Å²) in [6.45, 7) is 16.7. The summed E-state index contributed by atoms with van der Waals surface area (Å²) in [6, 6.07) is 20.7. The van der Waals surface area contributed by atoms with Gasteiger partial charge in [-0.15, -0.1) is 0 Å². The van der Waals surface area contributed by atoms with E-state index in [0.717, 1.165) is 109 Å². The van der Waals surface area contributed by atoms with E-state index < -0.39 is 11.2 Å². The van der Waals surface area contributed by atoms with Gasteiger partial charge < -0.3 is 17.1 Å². The molecule has 8 nitrogen and oxygen atoms in total. The Kier molecular flexibility index (Phi) is 20.0. The van der Waals surface area contributed by atoms with Crippen LogP contribution in [0.2, 0.25) is 0 Å². The molecule has 2 heterocycles. The molecule has 2 aromatic heterocycles. The molecule has 0 aliphatic heterocycles. The molecule has 0 radical (unpaired) electrons. The molecule has 412 valence electrons. The molecule has 2 aromatic carbocycles. The number of hydrogen-bond acceptors (Lipinski definition) is 7. The second-order valence-corrected chi connectivity index (χ2v) is 26.3. The number of unbranched alkanes of at least 4 members (excludes halogenated alkanes) is 1. The van der Waals surface area contributed by atoms with Gasteiger partial charge in [0.2, 0.25) is 5.91 Å². The molecule has 8 saturated carbocycles. The number of fused-ring (bicyclic) bond motifs is 12. The van der Waals surface area contributed by atoms with Crippen molar-refractivity contribution < 1.29 is 43.5 Å². The first kappa shape index (κ1) is 60.5. The zero-order valence-electron chi connectivity index (χ0n) is 47.9. The Balaban J connectivity index is 0.000000173. The summed E-state index contributed by atoms with van der Waals surface area (Å²) in [5.74, 6) is 8.63. The topological polar surface area (TPSA) is 113 Å². The number of hydrogen-bond donors (Lipinski definition) is 2. The number of amides is 1. The van der Waals surface area contributed by atoms with Gasteiger partial charge in [-0.2, -0.15) is 6.42 Å². The van der Waals surface area contributed by atoms with Crippen LogP contribution in [0.3, 0.4) is 0 Å². The molecule has 12 rings (SSSR count). The normalized spacial score (nSPS) is 37.6. The molecule has 0 spiro atoms. The van der Waals surface area contributed by atoms with Crippen LogP contribution in [0.5, 0.6) is 0 Å². The summed E-state index contributed by atoms with van der Waals surface area (Å²) in [6.07, 6.45) is 27.5. The average molecular weight is 1030 g/mol. The van der Waals surface area contributed by atoms with Crippen molar-refractivity contribution in [1.29, 1.82) is 0 Å². The van der Waals surface area contributed by atoms with Crippen LogP contribution in [-0.2, 0) is 20.8 Å². The largest absolute Gasteiger partial charge is 1.00 e. The Morgan fingerprint density at radius 2 is 1.09 bits per heavy atom. The molecule has 8 fully saturated rings. The third-order valence-corrected chi connectivity index (χ3v) is 22.1. The van der Waals surface area contributed by atoms with E-state index in [4.69, 9.17) is 4.84 Å². The number of hydroxylamine groups is 2. The van der Waals surface area contributed by atoms with Gasteiger partial charge in [0.1, 0.15) is 5.78 Å². The summed E-state index contributed by atoms with van der Waals surface area (Å²) < 4.78 is 0. The first-order chi connectivity index (χ1) is 35.4. The van der Waals surface area contributed by atoms with E-state index in [9.17, 15) is 19.8 Å². The average Bonchev–Trinajstić information content (AvgIpc) is 3.95. The van der Waals surface area contributed by atoms with E-state index in [-0.39, 0.29) is 54.9 Å². The van der Waals surface area contributed by atoms with Gasteiger partial charge in [-0.3, -0.25) is 24.4 Å². The number of rotatable bonds is 6. The van der Waals surface area contributed by atoms with E-state index in [0.29, 0.717) is 24.0 Å². The number of pyridine rings is 2. The fourth-order valence-corrected chi connectivity index (χ4v) is 18.3. The quantitative estimate of drug-likeness (QED) is 0.112. The van der Waals surface area contributed by atoms with Gasteiger partial charge in [-0.05, 0) is 229 Å². The van der Waals surface area contributed by atoms with Crippen molar-refractivity contribution in [3.8, 4) is 0 Å². The predicted octanol–water partition coefficient (Wildman–Crippen LogP) is 12.2. The third kappa shape index (κ3) is 12.3. The van der Waals surface area contributed by atoms with Gasteiger partial charge in [0.05, 0.1) is 24.0 Å². The standard InChI is InChI=1S/C30H39NO2.C22H37NO3.C10H9N.C4H9.CH4.Li/c1-29(33)14-11-21-20(18-29)7-8-24-23(21)12-15-30(2)25(24)9-10-26(30)28(32)17-27-22-6-4-3-5-19(22)13-16-31-27;1-21(25)11-9-15-14(13-21)5-6-17-16(15)10-12-22(2)18(17)7-8-19(22)20(24)23(3)26-4;1-8-10-5-3-2-4-9(10)6-7-11-8;1-3-4-2;;/h3-6,13,16,20-21,23-26,33H,7-12,14-15,17-18H2,1-2H3;14-19,25H,5-13H2,1-4H3;2-7H,1H3;1,3-4H2,2H3;1H4;/q;;;-1;;+1/t20-,21+,23-,24-,25+,26-,29-,30+;14-,15+,16-,17-,18+,19-,21-,22+;;;;/m11..../s1. The molecular formula is C67H98LiN3O5. The van der Waals surface area contributed by atoms with Crippen molar-refractivity contribution in [2.45, 2.75) is 195 Å². The zero-order chi connectivity index (χ0) is 52.6. The molecule has 76 heavy (non-hydrogen) atoms. The smallest absolute Gasteiger partial charge is 0.390 e. The minimum absolute atomic E-state index is 0. The van der Waals surface area contributed by atoms with Crippen LogP contribution in [0, 0.1) is 95.7 Å². The van der Waals surface area contributed by atoms with Gasteiger partial charge >= 0.3 is 18.9 Å². The van der Waals surface area contributed by atoms with E-state index in [2.05, 4.69) is 68.0 Å². The van der Waals surface area contributed by atoms with E-state index >= 15 is 0 Å². The zero-order valence-corrected chi connectivity index (χ0v) is 47.9. The van der Waals surface area contributed by atoms with Gasteiger partial charge in [0, 0.05) is 54.2 Å². The maximum Gasteiger partial charge on any atom is 1.00 e. The van der Waals surface area contributed by atoms with Crippen LogP contribution >= 0.6 is 0 Å². The molecule has 2 N–H and O–H groups in total. The Hall–Kier alpha value is -3.12. The number of carbonyl (C=O) groups excluding carboxylic acids is 2. The molecule has 1 amide bonds. The number of aryl methyl sites for hydroxylation is 1. The Bertz CT molecular complexity index is 2550. The fraction of sp³-hybridized carbons (Fsp3) is 0.687. The number of nitrogens with zero attached hydrogens (tertiary/aromatic N) is 3. The molecule has 4 aromatic rings. The number of ketones is 1. The fourth-order valence-electron chi connectivity index (χ4n) is 18.3. The SMILES string of the molecule is C.CON(C)C(=O)[C@H]1CC[C@H]2[C@@H]3CC[C@@H]4C[C@](C)(O)CC[C@@H]4[C@H]3CC[C@]12C.C[C@@]1(O)CC[C@H]2[C@H](CC[C@@H]3[C@@H]2CC[C@]2(C)[C@@H](C(=O)Cc4nccc5ccccc45)CC[C@@H]32)C1.Cc1nccc2ccccc12.[CH2-]CCC.[Li+]. The maximum atomic E-state index is 13.7. The summed E-state index contributed by atoms with van der Waals surface area (Å²) in [7, 11) is 3.34. The van der Waals surface area contributed by atoms with Crippen molar-refractivity contribution in [2.24, 2.45) is 81.8 Å². The molecule has 0 saturated heterocycles. The number of aliphatic hydroxyl groups is 2. The van der Waals surface area contributed by atoms with Crippen molar-refractivity contribution in [2.75, 3.05) is 14.2 Å². The second-order valence-electron chi connectivity index (χ2n) is 26.3. The first-order valence-electron chi connectivity index (χ1n) is 29.6. The predicted molar refractivity (Wildman–Crippen MR) is 306 cm³/mol. The van der Waals surface area contributed by atoms with Crippen LogP contribution in [0.25, 0.3) is 21.5 Å². The van der Waals surface area contributed by atoms with E-state index in [1.165, 1.54) is 105 Å². The van der Waals surface area contributed by atoms with Gasteiger partial charge in [-0.1, -0.05) is 83.1 Å². The second kappa shape index (κ2) is 25.1. The molecule has 16 atom stereocenters. The summed E-state index contributed by atoms with van der Waals surface area (Å²) >= 11 is 0. The summed E-state index contributed by atoms with van der Waals surface area (Å²) in [5.41, 5.74) is 1.48. The van der Waals surface area contributed by atoms with Gasteiger partial charge in [0.25, 0.3) is 0 Å². The van der Waals surface area contributed by atoms with Crippen LogP contribution in [-0.4, -0.2) is 62.3 Å². The minimum Gasteiger partial charge on any atom is -0.390 e. The Labute approximate surface area is 471 Å². The number of benzene rings is 2. The minimum atomic E-state index is -0.447. The summed E-state index contributed by atoms with van der Waals surface area (Å²) in [5, 5.41) is 27.4. The van der Waals surface area contributed by atoms with E-state index in [1.807, 2.05) is 63.5 Å². The Morgan fingerprint density at radius 3 is 1.61 bits per heavy atom. The third-order valence-electron chi connectivity index (χ3n) is 22.1. The molecule has 0 unspecified atom stereocenters. The van der Waals surface area contributed by atoms with Crippen molar-refractivity contribution >= 4 is 33.2 Å². The molecule has 9 heteroatoms. The molecular weight excluding hydrogens is 934 g/mol. The van der Waals surface area contributed by atoms with Crippen molar-refractivity contribution in [3.05, 3.63) is 91.4 Å². The molecule has 0 bridgehead atoms. The van der Waals surface area contributed by atoms with E-state index in [1.54, 1.807) is 14.2 Å². The van der Waals surface area contributed by atoms with Crippen LogP contribution in [0.4, 0.5) is 0 Å². The van der Waals surface area contributed by atoms with Crippen LogP contribution < -0.4 is 18.9 Å². The number of Topliss-reactive ketones (excluding diaryl/α,β-unsaturated/α-hetero) is 1. The Morgan fingerprint density at radius 1 is 0.632 bits per heavy atom. The van der Waals surface area contributed by atoms with Crippen molar-refractivity contribution in [1.82, 2.24) is 15.0 Å². The summed E-state index contributed by atoms with van der Waals surface area (Å²) in [4.78, 5) is 40.6. The number of carbonyl (C=O) groups is 2. The van der Waals surface area contributed by atoms with Crippen LogP contribution in [0.1, 0.15) is 182 Å². The first-order valence-corrected chi connectivity index (χ1v) is 29.6. The van der Waals surface area contributed by atoms with Gasteiger partial charge in [-0.25, -0.2) is 5.06 Å². The van der Waals surface area contributed by atoms with Crippen LogP contribution in [0.15, 0.2) is 73.1 Å². The monoisotopic (exact) mass is 1030 g/mol. The molecule has 8 aliphatic carbocycles. The maximum absolute atomic E-state index is 13.7. The van der Waals surface area contributed by atoms with Crippen molar-refractivity contribution in [3.63, 3.8) is 0 Å².